The minimum Gasteiger partial charge on any atom is -0.328 e. The first-order valence-corrected chi connectivity index (χ1v) is 8.95. The fraction of sp³-hybridized carbons (Fsp3) is 0.300. The van der Waals surface area contributed by atoms with Crippen LogP contribution in [0.15, 0.2) is 61.2 Å². The number of hydrogen-bond acceptors (Lipinski definition) is 4. The molecule has 0 unspecified atom stereocenters. The fourth-order valence-electron chi connectivity index (χ4n) is 3.52. The molecule has 132 valence electrons. The molecule has 1 fully saturated rings. The Balaban J connectivity index is 1.61. The average molecular weight is 347 g/mol. The molecule has 1 aromatic carbocycles. The van der Waals surface area contributed by atoms with Crippen LogP contribution in [0.5, 0.6) is 0 Å². The summed E-state index contributed by atoms with van der Waals surface area (Å²) in [6, 6.07) is 13.8. The number of amides is 1. The highest BCUT2D eigenvalue weighted by Gasteiger charge is 2.32. The van der Waals surface area contributed by atoms with Gasteiger partial charge in [0, 0.05) is 18.9 Å². The van der Waals surface area contributed by atoms with E-state index < -0.39 is 0 Å². The van der Waals surface area contributed by atoms with Gasteiger partial charge in [0.2, 0.25) is 0 Å². The molecule has 1 aliphatic heterocycles. The third kappa shape index (κ3) is 3.35. The van der Waals surface area contributed by atoms with Crippen molar-refractivity contribution in [1.82, 2.24) is 24.6 Å². The largest absolute Gasteiger partial charge is 0.328 e. The number of piperidine rings is 1. The Morgan fingerprint density at radius 2 is 2.00 bits per heavy atom. The predicted octanol–water partition coefficient (Wildman–Crippen LogP) is 3.09. The van der Waals surface area contributed by atoms with Crippen molar-refractivity contribution in [1.29, 1.82) is 0 Å². The van der Waals surface area contributed by atoms with Gasteiger partial charge in [-0.05, 0) is 37.0 Å². The summed E-state index contributed by atoms with van der Waals surface area (Å²) in [7, 11) is 0. The van der Waals surface area contributed by atoms with Crippen LogP contribution in [0.3, 0.4) is 0 Å². The van der Waals surface area contributed by atoms with Crippen molar-refractivity contribution >= 4 is 5.91 Å². The lowest BCUT2D eigenvalue weighted by atomic mass is 10.00. The highest BCUT2D eigenvalue weighted by molar-refractivity contribution is 5.94. The Morgan fingerprint density at radius 1 is 1.12 bits per heavy atom. The molecular formula is C20H21N5O. The van der Waals surface area contributed by atoms with Gasteiger partial charge < -0.3 is 9.47 Å². The second-order valence-electron chi connectivity index (χ2n) is 6.55. The molecule has 26 heavy (non-hydrogen) atoms. The summed E-state index contributed by atoms with van der Waals surface area (Å²) in [5.41, 5.74) is 1.81. The molecule has 2 aromatic heterocycles. The number of aromatic nitrogens is 4. The van der Waals surface area contributed by atoms with Crippen LogP contribution in [0, 0.1) is 0 Å². The van der Waals surface area contributed by atoms with Crippen LogP contribution in [-0.4, -0.2) is 37.1 Å². The van der Waals surface area contributed by atoms with E-state index >= 15 is 0 Å². The summed E-state index contributed by atoms with van der Waals surface area (Å²) in [5, 5.41) is 8.49. The van der Waals surface area contributed by atoms with E-state index in [2.05, 4.69) is 31.9 Å². The van der Waals surface area contributed by atoms with Gasteiger partial charge in [0.25, 0.3) is 5.91 Å². The zero-order chi connectivity index (χ0) is 17.8. The van der Waals surface area contributed by atoms with Gasteiger partial charge >= 0.3 is 0 Å². The molecule has 0 radical (unpaired) electrons. The summed E-state index contributed by atoms with van der Waals surface area (Å²) in [4.78, 5) is 19.0. The predicted molar refractivity (Wildman–Crippen MR) is 97.4 cm³/mol. The zero-order valence-corrected chi connectivity index (χ0v) is 14.5. The molecule has 1 saturated heterocycles. The Bertz CT molecular complexity index is 862. The lowest BCUT2D eigenvalue weighted by Gasteiger charge is -2.35. The minimum absolute atomic E-state index is 0.0112. The van der Waals surface area contributed by atoms with Gasteiger partial charge in [-0.15, -0.1) is 10.2 Å². The standard InChI is InChI=1S/C20H21N5O/c26-20(17-9-6-11-21-13-17)25-12-5-4-10-18(25)19-23-22-15-24(19)14-16-7-2-1-3-8-16/h1-3,6-9,11,13,15,18H,4-5,10,12,14H2/t18-/m0/s1. The van der Waals surface area contributed by atoms with Gasteiger partial charge in [-0.25, -0.2) is 0 Å². The van der Waals surface area contributed by atoms with Gasteiger partial charge in [-0.3, -0.25) is 9.78 Å². The third-order valence-corrected chi connectivity index (χ3v) is 4.81. The lowest BCUT2D eigenvalue weighted by Crippen LogP contribution is -2.39. The minimum atomic E-state index is -0.0531. The average Bonchev–Trinajstić information content (AvgIpc) is 3.17. The van der Waals surface area contributed by atoms with Crippen LogP contribution in [0.2, 0.25) is 0 Å². The van der Waals surface area contributed by atoms with Crippen LogP contribution in [0.1, 0.15) is 47.1 Å². The van der Waals surface area contributed by atoms with Crippen LogP contribution >= 0.6 is 0 Å². The first-order chi connectivity index (χ1) is 12.8. The maximum absolute atomic E-state index is 13.0. The molecule has 0 spiro atoms. The van der Waals surface area contributed by atoms with Crippen molar-refractivity contribution in [2.45, 2.75) is 31.8 Å². The first-order valence-electron chi connectivity index (χ1n) is 8.95. The number of pyridine rings is 1. The molecule has 6 nitrogen and oxygen atoms in total. The molecule has 3 aromatic rings. The van der Waals surface area contributed by atoms with Gasteiger partial charge in [0.05, 0.1) is 18.2 Å². The first kappa shape index (κ1) is 16.4. The highest BCUT2D eigenvalue weighted by atomic mass is 16.2. The van der Waals surface area contributed by atoms with Gasteiger partial charge in [0.15, 0.2) is 5.82 Å². The SMILES string of the molecule is O=C(c1cccnc1)N1CCCC[C@H]1c1nncn1Cc1ccccc1. The summed E-state index contributed by atoms with van der Waals surface area (Å²) in [6.07, 6.45) is 8.06. The Hall–Kier alpha value is -3.02. The molecular weight excluding hydrogens is 326 g/mol. The number of carbonyl (C=O) groups is 1. The Labute approximate surface area is 152 Å². The van der Waals surface area contributed by atoms with Crippen LogP contribution < -0.4 is 0 Å². The number of nitrogens with zero attached hydrogens (tertiary/aromatic N) is 5. The quantitative estimate of drug-likeness (QED) is 0.727. The van der Waals surface area contributed by atoms with Crippen molar-refractivity contribution in [2.75, 3.05) is 6.54 Å². The maximum Gasteiger partial charge on any atom is 0.256 e. The van der Waals surface area contributed by atoms with E-state index in [1.165, 1.54) is 5.56 Å². The van der Waals surface area contributed by atoms with E-state index in [9.17, 15) is 4.79 Å². The number of benzene rings is 1. The van der Waals surface area contributed by atoms with Crippen LogP contribution in [0.25, 0.3) is 0 Å². The molecule has 1 amide bonds. The lowest BCUT2D eigenvalue weighted by molar-refractivity contribution is 0.0594. The third-order valence-electron chi connectivity index (χ3n) is 4.81. The Kier molecular flexibility index (Phi) is 4.73. The molecule has 0 bridgehead atoms. The maximum atomic E-state index is 13.0. The number of likely N-dealkylation sites (tertiary alicyclic amines) is 1. The van der Waals surface area contributed by atoms with Crippen molar-refractivity contribution in [2.24, 2.45) is 0 Å². The molecule has 1 aliphatic rings. The van der Waals surface area contributed by atoms with Gasteiger partial charge in [0.1, 0.15) is 6.33 Å². The van der Waals surface area contributed by atoms with Crippen LogP contribution in [0.4, 0.5) is 0 Å². The van der Waals surface area contributed by atoms with Crippen molar-refractivity contribution in [3.63, 3.8) is 0 Å². The van der Waals surface area contributed by atoms with E-state index in [0.717, 1.165) is 31.6 Å². The zero-order valence-electron chi connectivity index (χ0n) is 14.5. The summed E-state index contributed by atoms with van der Waals surface area (Å²) >= 11 is 0. The summed E-state index contributed by atoms with van der Waals surface area (Å²) in [5.74, 6) is 0.864. The molecule has 0 N–H and O–H groups in total. The topological polar surface area (TPSA) is 63.9 Å². The second kappa shape index (κ2) is 7.47. The molecule has 0 saturated carbocycles. The van der Waals surface area contributed by atoms with Gasteiger partial charge in [-0.2, -0.15) is 0 Å². The second-order valence-corrected chi connectivity index (χ2v) is 6.55. The van der Waals surface area contributed by atoms with E-state index in [4.69, 9.17) is 0 Å². The molecule has 0 aliphatic carbocycles. The Morgan fingerprint density at radius 3 is 2.81 bits per heavy atom. The number of hydrogen-bond donors (Lipinski definition) is 0. The summed E-state index contributed by atoms with van der Waals surface area (Å²) in [6.45, 7) is 1.44. The van der Waals surface area contributed by atoms with Crippen LogP contribution in [-0.2, 0) is 6.54 Å². The molecule has 4 rings (SSSR count). The fourth-order valence-corrected chi connectivity index (χ4v) is 3.52. The summed E-state index contributed by atoms with van der Waals surface area (Å²) < 4.78 is 2.05. The normalized spacial score (nSPS) is 17.2. The van der Waals surface area contributed by atoms with E-state index in [0.29, 0.717) is 12.1 Å². The van der Waals surface area contributed by atoms with Crippen molar-refractivity contribution in [3.05, 3.63) is 78.1 Å². The molecule has 1 atom stereocenters. The highest BCUT2D eigenvalue weighted by Crippen LogP contribution is 2.31. The molecule has 3 heterocycles. The van der Waals surface area contributed by atoms with Crippen molar-refractivity contribution < 1.29 is 4.79 Å². The smallest absolute Gasteiger partial charge is 0.256 e. The monoisotopic (exact) mass is 347 g/mol. The van der Waals surface area contributed by atoms with E-state index in [1.807, 2.05) is 29.2 Å². The number of carbonyl (C=O) groups excluding carboxylic acids is 1. The molecule has 6 heteroatoms. The van der Waals surface area contributed by atoms with Gasteiger partial charge in [-0.1, -0.05) is 30.3 Å². The van der Waals surface area contributed by atoms with E-state index in [1.54, 1.807) is 24.8 Å². The van der Waals surface area contributed by atoms with Crippen molar-refractivity contribution in [3.8, 4) is 0 Å². The van der Waals surface area contributed by atoms with E-state index in [-0.39, 0.29) is 11.9 Å². The number of rotatable bonds is 4.